The van der Waals surface area contributed by atoms with Crippen LogP contribution in [-0.4, -0.2) is 58.9 Å². The average Bonchev–Trinajstić information content (AvgIpc) is 3.03. The fourth-order valence-corrected chi connectivity index (χ4v) is 3.52. The maximum atomic E-state index is 13.2. The molecule has 1 fully saturated rings. The summed E-state index contributed by atoms with van der Waals surface area (Å²) >= 11 is 0. The van der Waals surface area contributed by atoms with E-state index in [-0.39, 0.29) is 24.9 Å². The minimum Gasteiger partial charge on any atom is -0.408 e. The number of anilines is 1. The number of oxazole rings is 1. The van der Waals surface area contributed by atoms with Crippen LogP contribution in [-0.2, 0) is 16.1 Å². The standard InChI is InChI=1S/C21H21FN4O4/c22-15-4-3-5-16(12-15)23-19(27)13-24-8-10-25(11-9-24)20(28)14-26-17-6-1-2-7-18(17)30-21(26)29/h1-7,12H,8-11,13-14H2,(H,23,27). The van der Waals surface area contributed by atoms with E-state index in [4.69, 9.17) is 4.42 Å². The normalized spacial score (nSPS) is 14.8. The zero-order valence-electron chi connectivity index (χ0n) is 16.2. The lowest BCUT2D eigenvalue weighted by Crippen LogP contribution is -2.51. The van der Waals surface area contributed by atoms with E-state index in [1.165, 1.54) is 22.8 Å². The molecular formula is C21H21FN4O4. The maximum absolute atomic E-state index is 13.2. The number of piperazine rings is 1. The van der Waals surface area contributed by atoms with Crippen LogP contribution in [0.25, 0.3) is 11.1 Å². The molecule has 2 heterocycles. The second-order valence-corrected chi connectivity index (χ2v) is 7.14. The fourth-order valence-electron chi connectivity index (χ4n) is 3.52. The van der Waals surface area contributed by atoms with Gasteiger partial charge in [0.15, 0.2) is 5.58 Å². The molecule has 1 aliphatic heterocycles. The third-order valence-electron chi connectivity index (χ3n) is 5.07. The van der Waals surface area contributed by atoms with Gasteiger partial charge in [-0.2, -0.15) is 0 Å². The lowest BCUT2D eigenvalue weighted by atomic mass is 10.2. The van der Waals surface area contributed by atoms with Crippen molar-refractivity contribution in [2.75, 3.05) is 38.0 Å². The SMILES string of the molecule is O=C(CN1CCN(C(=O)Cn2c(=O)oc3ccccc32)CC1)Nc1cccc(F)c1. The van der Waals surface area contributed by atoms with Gasteiger partial charge < -0.3 is 14.6 Å². The number of rotatable bonds is 5. The van der Waals surface area contributed by atoms with E-state index >= 15 is 0 Å². The van der Waals surface area contributed by atoms with Gasteiger partial charge in [-0.05, 0) is 30.3 Å². The molecule has 2 aromatic carbocycles. The van der Waals surface area contributed by atoms with Gasteiger partial charge >= 0.3 is 5.76 Å². The summed E-state index contributed by atoms with van der Waals surface area (Å²) in [5.74, 6) is -1.38. The van der Waals surface area contributed by atoms with Crippen LogP contribution < -0.4 is 11.1 Å². The van der Waals surface area contributed by atoms with E-state index in [0.717, 1.165) is 0 Å². The van der Waals surface area contributed by atoms with Gasteiger partial charge in [0, 0.05) is 31.9 Å². The van der Waals surface area contributed by atoms with Gasteiger partial charge in [0.2, 0.25) is 11.8 Å². The molecule has 2 amide bonds. The van der Waals surface area contributed by atoms with E-state index in [1.54, 1.807) is 35.2 Å². The summed E-state index contributed by atoms with van der Waals surface area (Å²) < 4.78 is 19.7. The van der Waals surface area contributed by atoms with E-state index < -0.39 is 11.6 Å². The Kier molecular flexibility index (Phi) is 5.62. The number of nitrogens with one attached hydrogen (secondary N) is 1. The quantitative estimate of drug-likeness (QED) is 0.687. The smallest absolute Gasteiger partial charge is 0.408 e. The van der Waals surface area contributed by atoms with Crippen molar-refractivity contribution in [1.29, 1.82) is 0 Å². The second kappa shape index (κ2) is 8.50. The number of para-hydroxylation sites is 2. The van der Waals surface area contributed by atoms with Crippen LogP contribution in [0.15, 0.2) is 57.7 Å². The average molecular weight is 412 g/mol. The van der Waals surface area contributed by atoms with Crippen molar-refractivity contribution < 1.29 is 18.4 Å². The van der Waals surface area contributed by atoms with Crippen LogP contribution in [0.5, 0.6) is 0 Å². The largest absolute Gasteiger partial charge is 0.420 e. The summed E-state index contributed by atoms with van der Waals surface area (Å²) in [7, 11) is 0. The summed E-state index contributed by atoms with van der Waals surface area (Å²) in [5, 5.41) is 2.67. The molecule has 0 bridgehead atoms. The van der Waals surface area contributed by atoms with Crippen LogP contribution in [0.1, 0.15) is 0 Å². The molecule has 0 atom stereocenters. The molecule has 0 spiro atoms. The number of hydrogen-bond acceptors (Lipinski definition) is 5. The van der Waals surface area contributed by atoms with Crippen LogP contribution in [0.3, 0.4) is 0 Å². The van der Waals surface area contributed by atoms with Crippen LogP contribution in [0.2, 0.25) is 0 Å². The molecule has 0 aliphatic carbocycles. The van der Waals surface area contributed by atoms with Crippen molar-refractivity contribution in [3.8, 4) is 0 Å². The van der Waals surface area contributed by atoms with Crippen molar-refractivity contribution in [2.24, 2.45) is 0 Å². The zero-order chi connectivity index (χ0) is 21.1. The first-order valence-electron chi connectivity index (χ1n) is 9.63. The number of hydrogen-bond donors (Lipinski definition) is 1. The summed E-state index contributed by atoms with van der Waals surface area (Å²) in [6.07, 6.45) is 0. The number of aromatic nitrogens is 1. The predicted octanol–water partition coefficient (Wildman–Crippen LogP) is 1.52. The van der Waals surface area contributed by atoms with Gasteiger partial charge in [0.25, 0.3) is 0 Å². The highest BCUT2D eigenvalue weighted by Gasteiger charge is 2.24. The summed E-state index contributed by atoms with van der Waals surface area (Å²) in [6, 6.07) is 12.7. The molecule has 1 saturated heterocycles. The van der Waals surface area contributed by atoms with Crippen molar-refractivity contribution in [3.05, 3.63) is 64.9 Å². The molecule has 8 nitrogen and oxygen atoms in total. The van der Waals surface area contributed by atoms with E-state index in [2.05, 4.69) is 5.32 Å². The first-order valence-corrected chi connectivity index (χ1v) is 9.63. The molecule has 156 valence electrons. The maximum Gasteiger partial charge on any atom is 0.420 e. The molecule has 3 aromatic rings. The second-order valence-electron chi connectivity index (χ2n) is 7.14. The Hall–Kier alpha value is -3.46. The number of fused-ring (bicyclic) bond motifs is 1. The minimum atomic E-state index is -0.558. The summed E-state index contributed by atoms with van der Waals surface area (Å²) in [6.45, 7) is 2.04. The lowest BCUT2D eigenvalue weighted by Gasteiger charge is -2.34. The third kappa shape index (κ3) is 4.41. The predicted molar refractivity (Wildman–Crippen MR) is 109 cm³/mol. The highest BCUT2D eigenvalue weighted by Crippen LogP contribution is 2.13. The zero-order valence-corrected chi connectivity index (χ0v) is 16.2. The molecule has 0 unspecified atom stereocenters. The number of nitrogens with zero attached hydrogens (tertiary/aromatic N) is 3. The number of benzene rings is 2. The Morgan fingerprint density at radius 1 is 1.00 bits per heavy atom. The van der Waals surface area contributed by atoms with Crippen LogP contribution in [0.4, 0.5) is 10.1 Å². The Labute approximate surface area is 171 Å². The summed E-state index contributed by atoms with van der Waals surface area (Å²) in [4.78, 5) is 40.5. The fraction of sp³-hybridized carbons (Fsp3) is 0.286. The van der Waals surface area contributed by atoms with E-state index in [0.29, 0.717) is 43.0 Å². The molecule has 1 N–H and O–H groups in total. The molecule has 30 heavy (non-hydrogen) atoms. The van der Waals surface area contributed by atoms with Gasteiger partial charge in [-0.3, -0.25) is 19.1 Å². The molecular weight excluding hydrogens is 391 g/mol. The van der Waals surface area contributed by atoms with Gasteiger partial charge in [0.05, 0.1) is 12.1 Å². The minimum absolute atomic E-state index is 0.0874. The van der Waals surface area contributed by atoms with Crippen molar-refractivity contribution in [2.45, 2.75) is 6.54 Å². The Morgan fingerprint density at radius 3 is 2.53 bits per heavy atom. The lowest BCUT2D eigenvalue weighted by molar-refractivity contribution is -0.133. The van der Waals surface area contributed by atoms with E-state index in [1.807, 2.05) is 4.90 Å². The van der Waals surface area contributed by atoms with Crippen molar-refractivity contribution in [1.82, 2.24) is 14.4 Å². The highest BCUT2D eigenvalue weighted by atomic mass is 19.1. The number of carbonyl (C=O) groups is 2. The van der Waals surface area contributed by atoms with Gasteiger partial charge in [0.1, 0.15) is 12.4 Å². The molecule has 4 rings (SSSR count). The first kappa shape index (κ1) is 19.8. The first-order chi connectivity index (χ1) is 14.5. The molecule has 0 saturated carbocycles. The topological polar surface area (TPSA) is 87.8 Å². The number of carbonyl (C=O) groups excluding carboxylic acids is 2. The number of halogens is 1. The Balaban J connectivity index is 1.29. The van der Waals surface area contributed by atoms with Crippen LogP contribution in [0, 0.1) is 5.82 Å². The van der Waals surface area contributed by atoms with Gasteiger partial charge in [-0.25, -0.2) is 9.18 Å². The highest BCUT2D eigenvalue weighted by molar-refractivity contribution is 5.92. The molecule has 9 heteroatoms. The number of amides is 2. The van der Waals surface area contributed by atoms with E-state index in [9.17, 15) is 18.8 Å². The Morgan fingerprint density at radius 2 is 1.77 bits per heavy atom. The molecule has 1 aliphatic rings. The monoisotopic (exact) mass is 412 g/mol. The molecule has 0 radical (unpaired) electrons. The van der Waals surface area contributed by atoms with Crippen molar-refractivity contribution in [3.63, 3.8) is 0 Å². The van der Waals surface area contributed by atoms with Crippen LogP contribution >= 0.6 is 0 Å². The van der Waals surface area contributed by atoms with Gasteiger partial charge in [-0.15, -0.1) is 0 Å². The summed E-state index contributed by atoms with van der Waals surface area (Å²) in [5.41, 5.74) is 1.44. The van der Waals surface area contributed by atoms with Crippen molar-refractivity contribution >= 4 is 28.6 Å². The third-order valence-corrected chi connectivity index (χ3v) is 5.07. The Bertz CT molecular complexity index is 1130. The van der Waals surface area contributed by atoms with Gasteiger partial charge in [-0.1, -0.05) is 18.2 Å². The molecule has 1 aromatic heterocycles.